The van der Waals surface area contributed by atoms with Crippen LogP contribution in [0.1, 0.15) is 17.2 Å². The predicted octanol–water partition coefficient (Wildman–Crippen LogP) is 4.65. The van der Waals surface area contributed by atoms with Crippen LogP contribution in [0.4, 0.5) is 11.4 Å². The third kappa shape index (κ3) is 4.97. The molecular formula is C27H26N2O7S. The lowest BCUT2D eigenvalue weighted by molar-refractivity contribution is -0.121. The molecule has 192 valence electrons. The first kappa shape index (κ1) is 24.6. The van der Waals surface area contributed by atoms with Crippen LogP contribution in [0, 0.1) is 0 Å². The van der Waals surface area contributed by atoms with Gasteiger partial charge in [0.15, 0.2) is 23.0 Å². The van der Waals surface area contributed by atoms with Crippen LogP contribution in [0.3, 0.4) is 0 Å². The van der Waals surface area contributed by atoms with Crippen molar-refractivity contribution in [2.75, 3.05) is 44.9 Å². The van der Waals surface area contributed by atoms with Gasteiger partial charge in [0.2, 0.25) is 24.4 Å². The number of fused-ring (bicyclic) bond motifs is 2. The quantitative estimate of drug-likeness (QED) is 0.479. The summed E-state index contributed by atoms with van der Waals surface area (Å²) in [5.41, 5.74) is 2.11. The predicted molar refractivity (Wildman–Crippen MR) is 139 cm³/mol. The average Bonchev–Trinajstić information content (AvgIpc) is 3.33. The summed E-state index contributed by atoms with van der Waals surface area (Å²) in [6.07, 6.45) is 0.176. The molecule has 0 aromatic heterocycles. The van der Waals surface area contributed by atoms with Crippen LogP contribution < -0.4 is 33.9 Å². The number of anilines is 2. The Morgan fingerprint density at radius 3 is 2.46 bits per heavy atom. The smallest absolute Gasteiger partial charge is 0.244 e. The lowest BCUT2D eigenvalue weighted by Gasteiger charge is -2.22. The highest BCUT2D eigenvalue weighted by Crippen LogP contribution is 2.49. The van der Waals surface area contributed by atoms with Crippen molar-refractivity contribution >= 4 is 35.0 Å². The molecule has 1 N–H and O–H groups in total. The van der Waals surface area contributed by atoms with Crippen LogP contribution in [-0.4, -0.2) is 46.5 Å². The van der Waals surface area contributed by atoms with Gasteiger partial charge in [0.25, 0.3) is 0 Å². The lowest BCUT2D eigenvalue weighted by Crippen LogP contribution is -2.38. The average molecular weight is 523 g/mol. The molecule has 0 radical (unpaired) electrons. The topological polar surface area (TPSA) is 95.6 Å². The maximum Gasteiger partial charge on any atom is 0.244 e. The van der Waals surface area contributed by atoms with Gasteiger partial charge < -0.3 is 33.9 Å². The highest BCUT2D eigenvalue weighted by Gasteiger charge is 2.31. The molecule has 2 amide bonds. The Hall–Kier alpha value is -4.05. The number of carbonyl (C=O) groups is 2. The SMILES string of the molecule is COc1cc([C@H]2CC(=O)N(CC(=O)Nc3ccc4c(c3)OCO4)c3ccccc3S2)cc(OC)c1OC. The van der Waals surface area contributed by atoms with E-state index in [-0.39, 0.29) is 36.8 Å². The number of methoxy groups -OCH3 is 3. The molecule has 0 spiro atoms. The van der Waals surface area contributed by atoms with Crippen molar-refractivity contribution in [1.29, 1.82) is 0 Å². The van der Waals surface area contributed by atoms with Crippen molar-refractivity contribution in [2.24, 2.45) is 0 Å². The van der Waals surface area contributed by atoms with Crippen molar-refractivity contribution < 1.29 is 33.3 Å². The number of nitrogens with one attached hydrogen (secondary N) is 1. The molecule has 2 heterocycles. The van der Waals surface area contributed by atoms with E-state index in [1.165, 1.54) is 4.90 Å². The zero-order valence-electron chi connectivity index (χ0n) is 20.6. The highest BCUT2D eigenvalue weighted by atomic mass is 32.2. The fraction of sp³-hybridized carbons (Fsp3) is 0.259. The van der Waals surface area contributed by atoms with Crippen LogP contribution in [0.15, 0.2) is 59.5 Å². The van der Waals surface area contributed by atoms with Gasteiger partial charge in [0.1, 0.15) is 6.54 Å². The molecule has 0 fully saturated rings. The number of benzene rings is 3. The van der Waals surface area contributed by atoms with Crippen molar-refractivity contribution in [3.8, 4) is 28.7 Å². The van der Waals surface area contributed by atoms with E-state index in [1.807, 2.05) is 36.4 Å². The Labute approximate surface area is 218 Å². The second kappa shape index (κ2) is 10.5. The summed E-state index contributed by atoms with van der Waals surface area (Å²) in [5, 5.41) is 2.62. The maximum atomic E-state index is 13.5. The first-order chi connectivity index (χ1) is 18.0. The largest absolute Gasteiger partial charge is 0.493 e. The van der Waals surface area contributed by atoms with Gasteiger partial charge in [-0.2, -0.15) is 0 Å². The number of thioether (sulfide) groups is 1. The Kier molecular flexibility index (Phi) is 7.00. The van der Waals surface area contributed by atoms with E-state index >= 15 is 0 Å². The zero-order valence-corrected chi connectivity index (χ0v) is 21.4. The van der Waals surface area contributed by atoms with E-state index in [4.69, 9.17) is 23.7 Å². The molecule has 3 aromatic carbocycles. The number of ether oxygens (including phenoxy) is 5. The van der Waals surface area contributed by atoms with Gasteiger partial charge in [-0.25, -0.2) is 0 Å². The summed E-state index contributed by atoms with van der Waals surface area (Å²) in [5.74, 6) is 2.23. The number of rotatable bonds is 7. The molecule has 0 unspecified atom stereocenters. The molecule has 5 rings (SSSR count). The number of carbonyl (C=O) groups excluding carboxylic acids is 2. The molecule has 0 saturated heterocycles. The molecule has 3 aromatic rings. The Morgan fingerprint density at radius 2 is 1.73 bits per heavy atom. The lowest BCUT2D eigenvalue weighted by atomic mass is 10.1. The summed E-state index contributed by atoms with van der Waals surface area (Å²) in [7, 11) is 4.66. The molecule has 2 aliphatic heterocycles. The number of hydrogen-bond donors (Lipinski definition) is 1. The minimum absolute atomic E-state index is 0.132. The number of hydrogen-bond acceptors (Lipinski definition) is 8. The Bertz CT molecular complexity index is 1320. The third-order valence-corrected chi connectivity index (χ3v) is 7.43. The molecule has 2 aliphatic rings. The molecule has 0 aliphatic carbocycles. The van der Waals surface area contributed by atoms with Crippen LogP contribution in [0.2, 0.25) is 0 Å². The zero-order chi connectivity index (χ0) is 25.9. The standard InChI is InChI=1S/C27H26N2O7S/c1-32-21-10-16(11-22(33-2)27(21)34-3)24-13-26(31)29(18-6-4-5-7-23(18)37-24)14-25(30)28-17-8-9-19-20(12-17)36-15-35-19/h4-12,24H,13-15H2,1-3H3,(H,28,30)/t24-/m1/s1. The van der Waals surface area contributed by atoms with Gasteiger partial charge in [0.05, 0.1) is 27.0 Å². The van der Waals surface area contributed by atoms with Crippen molar-refractivity contribution in [2.45, 2.75) is 16.6 Å². The summed E-state index contributed by atoms with van der Waals surface area (Å²) in [4.78, 5) is 29.0. The van der Waals surface area contributed by atoms with Gasteiger partial charge in [0, 0.05) is 28.3 Å². The van der Waals surface area contributed by atoms with Crippen LogP contribution >= 0.6 is 11.8 Å². The van der Waals surface area contributed by atoms with E-state index in [2.05, 4.69) is 5.32 Å². The van der Waals surface area contributed by atoms with Gasteiger partial charge in [-0.3, -0.25) is 9.59 Å². The summed E-state index contributed by atoms with van der Waals surface area (Å²) in [6, 6.07) is 16.5. The van der Waals surface area contributed by atoms with Gasteiger partial charge >= 0.3 is 0 Å². The van der Waals surface area contributed by atoms with E-state index < -0.39 is 0 Å². The van der Waals surface area contributed by atoms with Crippen molar-refractivity contribution in [3.63, 3.8) is 0 Å². The summed E-state index contributed by atoms with van der Waals surface area (Å²) < 4.78 is 27.2. The van der Waals surface area contributed by atoms with Gasteiger partial charge in [-0.1, -0.05) is 12.1 Å². The minimum Gasteiger partial charge on any atom is -0.493 e. The van der Waals surface area contributed by atoms with E-state index in [1.54, 1.807) is 51.3 Å². The molecular weight excluding hydrogens is 496 g/mol. The Balaban J connectivity index is 1.40. The summed E-state index contributed by atoms with van der Waals surface area (Å²) in [6.45, 7) is 0.0173. The van der Waals surface area contributed by atoms with Crippen molar-refractivity contribution in [3.05, 3.63) is 60.2 Å². The molecule has 10 heteroatoms. The van der Waals surface area contributed by atoms with Crippen LogP contribution in [0.25, 0.3) is 0 Å². The van der Waals surface area contributed by atoms with Gasteiger partial charge in [-0.05, 0) is 42.0 Å². The molecule has 9 nitrogen and oxygen atoms in total. The summed E-state index contributed by atoms with van der Waals surface area (Å²) >= 11 is 1.56. The first-order valence-corrected chi connectivity index (χ1v) is 12.4. The Morgan fingerprint density at radius 1 is 1.00 bits per heavy atom. The molecule has 0 saturated carbocycles. The molecule has 1 atom stereocenters. The van der Waals surface area contributed by atoms with E-state index in [0.29, 0.717) is 40.1 Å². The van der Waals surface area contributed by atoms with E-state index in [0.717, 1.165) is 10.5 Å². The third-order valence-electron chi connectivity index (χ3n) is 6.10. The van der Waals surface area contributed by atoms with Crippen LogP contribution in [0.5, 0.6) is 28.7 Å². The second-order valence-corrected chi connectivity index (χ2v) is 9.58. The fourth-order valence-corrected chi connectivity index (χ4v) is 5.60. The number of para-hydroxylation sites is 1. The van der Waals surface area contributed by atoms with Crippen molar-refractivity contribution in [1.82, 2.24) is 0 Å². The normalized spacial score (nSPS) is 16.0. The molecule has 37 heavy (non-hydrogen) atoms. The monoisotopic (exact) mass is 522 g/mol. The van der Waals surface area contributed by atoms with Gasteiger partial charge in [-0.15, -0.1) is 11.8 Å². The molecule has 0 bridgehead atoms. The minimum atomic E-state index is -0.321. The fourth-order valence-electron chi connectivity index (χ4n) is 4.34. The first-order valence-electron chi connectivity index (χ1n) is 11.6. The number of amides is 2. The highest BCUT2D eigenvalue weighted by molar-refractivity contribution is 7.99. The number of nitrogens with zero attached hydrogens (tertiary/aromatic N) is 1. The second-order valence-electron chi connectivity index (χ2n) is 8.33. The maximum absolute atomic E-state index is 13.5. The van der Waals surface area contributed by atoms with E-state index in [9.17, 15) is 9.59 Å². The van der Waals surface area contributed by atoms with Crippen LogP contribution in [-0.2, 0) is 9.59 Å².